The number of aromatic nitrogens is 4. The van der Waals surface area contributed by atoms with Crippen molar-refractivity contribution in [2.45, 2.75) is 44.9 Å². The number of carbonyl (C=O) groups is 1. The zero-order valence-corrected chi connectivity index (χ0v) is 12.6. The normalized spacial score (nSPS) is 15.6. The van der Waals surface area contributed by atoms with Gasteiger partial charge in [0.2, 0.25) is 5.91 Å². The third kappa shape index (κ3) is 3.90. The molecule has 1 aliphatic rings. The van der Waals surface area contributed by atoms with Crippen LogP contribution in [0.3, 0.4) is 0 Å². The lowest BCUT2D eigenvalue weighted by Gasteiger charge is -2.21. The first-order valence-electron chi connectivity index (χ1n) is 7.94. The molecule has 6 nitrogen and oxygen atoms in total. The van der Waals surface area contributed by atoms with Gasteiger partial charge in [-0.05, 0) is 41.0 Å². The SMILES string of the molecule is O=C(CCC1CCCCC1)Nc1cccc(-n2cnnn2)c1. The van der Waals surface area contributed by atoms with Crippen LogP contribution in [0.4, 0.5) is 5.69 Å². The first-order chi connectivity index (χ1) is 10.8. The summed E-state index contributed by atoms with van der Waals surface area (Å²) in [7, 11) is 0. The molecular weight excluding hydrogens is 278 g/mol. The Hall–Kier alpha value is -2.24. The summed E-state index contributed by atoms with van der Waals surface area (Å²) in [6.45, 7) is 0. The number of anilines is 1. The molecule has 3 rings (SSSR count). The Bertz CT molecular complexity index is 605. The molecule has 0 aliphatic heterocycles. The summed E-state index contributed by atoms with van der Waals surface area (Å²) in [5.74, 6) is 0.812. The summed E-state index contributed by atoms with van der Waals surface area (Å²) in [5, 5.41) is 14.0. The minimum atomic E-state index is 0.0828. The number of hydrogen-bond donors (Lipinski definition) is 1. The molecule has 0 saturated heterocycles. The van der Waals surface area contributed by atoms with Crippen LogP contribution in [0.25, 0.3) is 5.69 Å². The number of rotatable bonds is 5. The van der Waals surface area contributed by atoms with Gasteiger partial charge in [-0.3, -0.25) is 4.79 Å². The highest BCUT2D eigenvalue weighted by molar-refractivity contribution is 5.90. The van der Waals surface area contributed by atoms with Gasteiger partial charge >= 0.3 is 0 Å². The molecule has 1 aliphatic carbocycles. The number of nitrogens with one attached hydrogen (secondary N) is 1. The van der Waals surface area contributed by atoms with E-state index in [0.717, 1.165) is 23.7 Å². The lowest BCUT2D eigenvalue weighted by Crippen LogP contribution is -2.15. The lowest BCUT2D eigenvalue weighted by atomic mass is 9.86. The Morgan fingerprint density at radius 2 is 2.14 bits per heavy atom. The molecule has 2 aromatic rings. The van der Waals surface area contributed by atoms with Crippen LogP contribution in [0, 0.1) is 5.92 Å². The van der Waals surface area contributed by atoms with E-state index in [1.54, 1.807) is 4.68 Å². The second-order valence-electron chi connectivity index (χ2n) is 5.90. The van der Waals surface area contributed by atoms with Crippen molar-refractivity contribution in [3.05, 3.63) is 30.6 Å². The monoisotopic (exact) mass is 299 g/mol. The summed E-state index contributed by atoms with van der Waals surface area (Å²) < 4.78 is 1.57. The second kappa shape index (κ2) is 7.15. The van der Waals surface area contributed by atoms with Gasteiger partial charge in [-0.1, -0.05) is 38.2 Å². The molecule has 22 heavy (non-hydrogen) atoms. The molecule has 1 aromatic heterocycles. The Morgan fingerprint density at radius 1 is 1.27 bits per heavy atom. The van der Waals surface area contributed by atoms with Crippen molar-refractivity contribution in [1.29, 1.82) is 0 Å². The van der Waals surface area contributed by atoms with Gasteiger partial charge in [0.25, 0.3) is 0 Å². The Morgan fingerprint density at radius 3 is 2.91 bits per heavy atom. The average Bonchev–Trinajstić information content (AvgIpc) is 3.09. The standard InChI is InChI=1S/C16H21N5O/c22-16(10-9-13-5-2-1-3-6-13)18-14-7-4-8-15(11-14)21-12-17-19-20-21/h4,7-8,11-13H,1-3,5-6,9-10H2,(H,18,22). The largest absolute Gasteiger partial charge is 0.326 e. The topological polar surface area (TPSA) is 72.7 Å². The van der Waals surface area contributed by atoms with Crippen molar-refractivity contribution in [2.24, 2.45) is 5.92 Å². The van der Waals surface area contributed by atoms with E-state index in [-0.39, 0.29) is 5.91 Å². The summed E-state index contributed by atoms with van der Waals surface area (Å²) in [4.78, 5) is 12.1. The second-order valence-corrected chi connectivity index (χ2v) is 5.90. The fourth-order valence-electron chi connectivity index (χ4n) is 3.04. The van der Waals surface area contributed by atoms with Crippen LogP contribution < -0.4 is 5.32 Å². The van der Waals surface area contributed by atoms with E-state index in [9.17, 15) is 4.79 Å². The average molecular weight is 299 g/mol. The lowest BCUT2D eigenvalue weighted by molar-refractivity contribution is -0.116. The van der Waals surface area contributed by atoms with E-state index in [0.29, 0.717) is 6.42 Å². The molecule has 0 unspecified atom stereocenters. The molecule has 0 bridgehead atoms. The summed E-state index contributed by atoms with van der Waals surface area (Å²) in [6, 6.07) is 7.53. The van der Waals surface area contributed by atoms with E-state index in [2.05, 4.69) is 20.8 Å². The van der Waals surface area contributed by atoms with E-state index in [1.165, 1.54) is 38.4 Å². The zero-order valence-electron chi connectivity index (χ0n) is 12.6. The predicted octanol–water partition coefficient (Wildman–Crippen LogP) is 2.96. The molecule has 1 heterocycles. The number of hydrogen-bond acceptors (Lipinski definition) is 4. The van der Waals surface area contributed by atoms with Crippen LogP contribution >= 0.6 is 0 Å². The first kappa shape index (κ1) is 14.7. The highest BCUT2D eigenvalue weighted by Gasteiger charge is 2.15. The molecule has 0 atom stereocenters. The van der Waals surface area contributed by atoms with Gasteiger partial charge in [-0.2, -0.15) is 0 Å². The van der Waals surface area contributed by atoms with E-state index in [4.69, 9.17) is 0 Å². The molecule has 1 amide bonds. The van der Waals surface area contributed by atoms with Gasteiger partial charge in [0.05, 0.1) is 5.69 Å². The van der Waals surface area contributed by atoms with E-state index < -0.39 is 0 Å². The predicted molar refractivity (Wildman–Crippen MR) is 83.6 cm³/mol. The van der Waals surface area contributed by atoms with E-state index in [1.807, 2.05) is 24.3 Å². The van der Waals surface area contributed by atoms with Crippen LogP contribution in [0.5, 0.6) is 0 Å². The van der Waals surface area contributed by atoms with Crippen LogP contribution in [-0.2, 0) is 4.79 Å². The van der Waals surface area contributed by atoms with Gasteiger partial charge in [0, 0.05) is 12.1 Å². The Balaban J connectivity index is 1.54. The number of nitrogens with zero attached hydrogens (tertiary/aromatic N) is 4. The van der Waals surface area contributed by atoms with Crippen molar-refractivity contribution >= 4 is 11.6 Å². The summed E-state index contributed by atoms with van der Waals surface area (Å²) in [6.07, 6.45) is 9.68. The molecule has 0 spiro atoms. The maximum atomic E-state index is 12.1. The number of carbonyl (C=O) groups excluding carboxylic acids is 1. The van der Waals surface area contributed by atoms with Gasteiger partial charge in [0.15, 0.2) is 0 Å². The number of tetrazole rings is 1. The molecule has 1 saturated carbocycles. The zero-order chi connectivity index (χ0) is 15.2. The Kier molecular flexibility index (Phi) is 4.78. The van der Waals surface area contributed by atoms with Crippen LogP contribution in [0.2, 0.25) is 0 Å². The van der Waals surface area contributed by atoms with Gasteiger partial charge < -0.3 is 5.32 Å². The van der Waals surface area contributed by atoms with Crippen molar-refractivity contribution in [1.82, 2.24) is 20.2 Å². The molecule has 6 heteroatoms. The molecule has 116 valence electrons. The fraction of sp³-hybridized carbons (Fsp3) is 0.500. The fourth-order valence-corrected chi connectivity index (χ4v) is 3.04. The van der Waals surface area contributed by atoms with Crippen molar-refractivity contribution < 1.29 is 4.79 Å². The van der Waals surface area contributed by atoms with E-state index >= 15 is 0 Å². The van der Waals surface area contributed by atoms with Crippen LogP contribution in [0.1, 0.15) is 44.9 Å². The van der Waals surface area contributed by atoms with Gasteiger partial charge in [-0.15, -0.1) is 5.10 Å². The third-order valence-corrected chi connectivity index (χ3v) is 4.25. The minimum Gasteiger partial charge on any atom is -0.326 e. The molecule has 1 aromatic carbocycles. The quantitative estimate of drug-likeness (QED) is 0.921. The van der Waals surface area contributed by atoms with Crippen LogP contribution in [-0.4, -0.2) is 26.1 Å². The molecular formula is C16H21N5O. The molecule has 1 fully saturated rings. The maximum Gasteiger partial charge on any atom is 0.224 e. The van der Waals surface area contributed by atoms with Crippen LogP contribution in [0.15, 0.2) is 30.6 Å². The highest BCUT2D eigenvalue weighted by atomic mass is 16.1. The van der Waals surface area contributed by atoms with Crippen molar-refractivity contribution in [3.8, 4) is 5.69 Å². The molecule has 1 N–H and O–H groups in total. The van der Waals surface area contributed by atoms with Crippen molar-refractivity contribution in [2.75, 3.05) is 5.32 Å². The van der Waals surface area contributed by atoms with Gasteiger partial charge in [-0.25, -0.2) is 4.68 Å². The molecule has 0 radical (unpaired) electrons. The van der Waals surface area contributed by atoms with Crippen molar-refractivity contribution in [3.63, 3.8) is 0 Å². The smallest absolute Gasteiger partial charge is 0.224 e. The number of benzene rings is 1. The minimum absolute atomic E-state index is 0.0828. The number of amides is 1. The third-order valence-electron chi connectivity index (χ3n) is 4.25. The first-order valence-corrected chi connectivity index (χ1v) is 7.94. The summed E-state index contributed by atoms with van der Waals surface area (Å²) in [5.41, 5.74) is 1.61. The maximum absolute atomic E-state index is 12.1. The highest BCUT2D eigenvalue weighted by Crippen LogP contribution is 2.27. The summed E-state index contributed by atoms with van der Waals surface area (Å²) >= 11 is 0. The van der Waals surface area contributed by atoms with Gasteiger partial charge in [0.1, 0.15) is 6.33 Å². The Labute approximate surface area is 129 Å².